The zero-order valence-corrected chi connectivity index (χ0v) is 22.3. The summed E-state index contributed by atoms with van der Waals surface area (Å²) in [7, 11) is 0. The van der Waals surface area contributed by atoms with Crippen LogP contribution in [0.3, 0.4) is 0 Å². The minimum absolute atomic E-state index is 0.137. The van der Waals surface area contributed by atoms with Crippen molar-refractivity contribution in [3.8, 4) is 11.6 Å². The van der Waals surface area contributed by atoms with E-state index in [2.05, 4.69) is 26.0 Å². The summed E-state index contributed by atoms with van der Waals surface area (Å²) in [5.41, 5.74) is 0.301. The second-order valence-corrected chi connectivity index (χ2v) is 10.5. The van der Waals surface area contributed by atoms with E-state index in [1.165, 1.54) is 16.8 Å². The van der Waals surface area contributed by atoms with Gasteiger partial charge in [0.15, 0.2) is 0 Å². The van der Waals surface area contributed by atoms with E-state index in [0.717, 1.165) is 21.4 Å². The van der Waals surface area contributed by atoms with Gasteiger partial charge < -0.3 is 4.74 Å². The molecule has 2 heterocycles. The Morgan fingerprint density at radius 1 is 1.05 bits per heavy atom. The molecule has 5 rings (SSSR count). The van der Waals surface area contributed by atoms with Gasteiger partial charge in [0.25, 0.3) is 11.2 Å². The SMILES string of the molecule is CC(C)(C)c1nc2ccc(Br)cc2c(=O)n1N=Cc1c(Oc2ccc([N+](=O)[O-])cn2)ccc2ccccc12. The van der Waals surface area contributed by atoms with Gasteiger partial charge in [0, 0.05) is 27.6 Å². The third-order valence-corrected chi connectivity index (χ3v) is 6.35. The first-order valence-electron chi connectivity index (χ1n) is 11.7. The molecule has 0 atom stereocenters. The smallest absolute Gasteiger partial charge is 0.287 e. The van der Waals surface area contributed by atoms with Gasteiger partial charge in [-0.25, -0.2) is 9.97 Å². The number of hydrogen-bond donors (Lipinski definition) is 0. The maximum Gasteiger partial charge on any atom is 0.287 e. The number of pyridine rings is 1. The molecule has 5 aromatic rings. The van der Waals surface area contributed by atoms with Crippen LogP contribution in [0.5, 0.6) is 11.6 Å². The molecule has 38 heavy (non-hydrogen) atoms. The highest BCUT2D eigenvalue weighted by atomic mass is 79.9. The highest BCUT2D eigenvalue weighted by molar-refractivity contribution is 9.10. The van der Waals surface area contributed by atoms with Crippen molar-refractivity contribution >= 4 is 49.5 Å². The normalized spacial score (nSPS) is 11.9. The summed E-state index contributed by atoms with van der Waals surface area (Å²) in [6, 6.07) is 19.5. The number of benzene rings is 3. The molecule has 9 nitrogen and oxygen atoms in total. The Labute approximate surface area is 225 Å². The van der Waals surface area contributed by atoms with E-state index in [-0.39, 0.29) is 17.1 Å². The fourth-order valence-corrected chi connectivity index (χ4v) is 4.37. The average molecular weight is 572 g/mol. The van der Waals surface area contributed by atoms with Crippen LogP contribution in [0.25, 0.3) is 21.7 Å². The number of nitro groups is 1. The van der Waals surface area contributed by atoms with Gasteiger partial charge in [-0.2, -0.15) is 9.78 Å². The van der Waals surface area contributed by atoms with Crippen LogP contribution in [0, 0.1) is 10.1 Å². The highest BCUT2D eigenvalue weighted by Gasteiger charge is 2.23. The molecule has 10 heteroatoms. The lowest BCUT2D eigenvalue weighted by atomic mass is 9.95. The molecule has 0 aliphatic carbocycles. The summed E-state index contributed by atoms with van der Waals surface area (Å²) in [4.78, 5) is 32.9. The van der Waals surface area contributed by atoms with E-state index in [1.807, 2.05) is 57.2 Å². The molecule has 190 valence electrons. The second-order valence-electron chi connectivity index (χ2n) is 9.62. The molecule has 0 unspecified atom stereocenters. The quantitative estimate of drug-likeness (QED) is 0.134. The number of fused-ring (bicyclic) bond motifs is 2. The summed E-state index contributed by atoms with van der Waals surface area (Å²) >= 11 is 3.43. The molecule has 0 aliphatic heterocycles. The van der Waals surface area contributed by atoms with Crippen molar-refractivity contribution in [1.82, 2.24) is 14.6 Å². The van der Waals surface area contributed by atoms with Gasteiger partial charge in [0.1, 0.15) is 17.8 Å². The van der Waals surface area contributed by atoms with Gasteiger partial charge in [0.2, 0.25) is 5.88 Å². The number of rotatable bonds is 5. The summed E-state index contributed by atoms with van der Waals surface area (Å²) in [5, 5.41) is 17.8. The van der Waals surface area contributed by atoms with Crippen LogP contribution in [0.2, 0.25) is 0 Å². The average Bonchev–Trinajstić information content (AvgIpc) is 2.88. The van der Waals surface area contributed by atoms with Crippen molar-refractivity contribution in [1.29, 1.82) is 0 Å². The van der Waals surface area contributed by atoms with Crippen LogP contribution >= 0.6 is 15.9 Å². The molecule has 2 aromatic heterocycles. The predicted molar refractivity (Wildman–Crippen MR) is 150 cm³/mol. The van der Waals surface area contributed by atoms with Crippen molar-refractivity contribution < 1.29 is 9.66 Å². The summed E-state index contributed by atoms with van der Waals surface area (Å²) < 4.78 is 8.11. The van der Waals surface area contributed by atoms with Gasteiger partial charge in [-0.05, 0) is 35.0 Å². The summed E-state index contributed by atoms with van der Waals surface area (Å²) in [6.07, 6.45) is 2.71. The van der Waals surface area contributed by atoms with Gasteiger partial charge in [0.05, 0.1) is 22.0 Å². The number of halogens is 1. The molecule has 0 fully saturated rings. The maximum absolute atomic E-state index is 13.6. The zero-order valence-electron chi connectivity index (χ0n) is 20.8. The first kappa shape index (κ1) is 25.2. The van der Waals surface area contributed by atoms with Gasteiger partial charge in [-0.3, -0.25) is 14.9 Å². The predicted octanol–water partition coefficient (Wildman–Crippen LogP) is 6.59. The maximum atomic E-state index is 13.6. The Bertz CT molecular complexity index is 1790. The minimum atomic E-state index is -0.522. The largest absolute Gasteiger partial charge is 0.438 e. The molecule has 3 aromatic carbocycles. The van der Waals surface area contributed by atoms with Gasteiger partial charge in [-0.1, -0.05) is 67.0 Å². The van der Waals surface area contributed by atoms with Crippen molar-refractivity contribution in [2.75, 3.05) is 0 Å². The van der Waals surface area contributed by atoms with E-state index in [1.54, 1.807) is 24.4 Å². The van der Waals surface area contributed by atoms with Crippen molar-refractivity contribution in [2.45, 2.75) is 26.2 Å². The van der Waals surface area contributed by atoms with E-state index >= 15 is 0 Å². The van der Waals surface area contributed by atoms with Crippen LogP contribution in [0.1, 0.15) is 32.2 Å². The van der Waals surface area contributed by atoms with E-state index in [0.29, 0.717) is 28.0 Å². The van der Waals surface area contributed by atoms with E-state index < -0.39 is 10.3 Å². The molecule has 0 radical (unpaired) electrons. The fraction of sp³-hybridized carbons (Fsp3) is 0.143. The van der Waals surface area contributed by atoms with E-state index in [9.17, 15) is 14.9 Å². The van der Waals surface area contributed by atoms with Crippen LogP contribution in [0.4, 0.5) is 5.69 Å². The first-order valence-corrected chi connectivity index (χ1v) is 12.5. The first-order chi connectivity index (χ1) is 18.1. The standard InChI is InChI=1S/C28H22BrN5O4/c1-28(2,3)27-32-23-11-9-18(29)14-21(23)26(35)33(27)31-16-22-20-7-5-4-6-17(20)8-12-24(22)38-25-13-10-19(15-30-25)34(36)37/h4-16H,1-3H3. The Balaban J connectivity index is 1.67. The monoisotopic (exact) mass is 571 g/mol. The Hall–Kier alpha value is -4.44. The summed E-state index contributed by atoms with van der Waals surface area (Å²) in [5.74, 6) is 1.12. The minimum Gasteiger partial charge on any atom is -0.438 e. The van der Waals surface area contributed by atoms with Crippen LogP contribution < -0.4 is 10.3 Å². The van der Waals surface area contributed by atoms with Gasteiger partial charge in [-0.15, -0.1) is 0 Å². The topological polar surface area (TPSA) is 113 Å². The zero-order chi connectivity index (χ0) is 27.0. The lowest BCUT2D eigenvalue weighted by molar-refractivity contribution is -0.385. The molecular formula is C28H22BrN5O4. The Morgan fingerprint density at radius 3 is 2.55 bits per heavy atom. The third kappa shape index (κ3) is 4.90. The third-order valence-electron chi connectivity index (χ3n) is 5.86. The second kappa shape index (κ2) is 9.79. The molecule has 0 saturated heterocycles. The molecule has 0 saturated carbocycles. The Kier molecular flexibility index (Phi) is 6.50. The number of ether oxygens (including phenoxy) is 1. The Morgan fingerprint density at radius 2 is 1.84 bits per heavy atom. The van der Waals surface area contributed by atoms with E-state index in [4.69, 9.17) is 9.72 Å². The van der Waals surface area contributed by atoms with Crippen molar-refractivity contribution in [3.63, 3.8) is 0 Å². The number of hydrogen-bond acceptors (Lipinski definition) is 7. The molecule has 0 bridgehead atoms. The molecule has 0 aliphatic rings. The number of nitrogens with zero attached hydrogens (tertiary/aromatic N) is 5. The molecular weight excluding hydrogens is 550 g/mol. The lowest BCUT2D eigenvalue weighted by Crippen LogP contribution is -2.29. The van der Waals surface area contributed by atoms with Crippen molar-refractivity contribution in [2.24, 2.45) is 5.10 Å². The summed E-state index contributed by atoms with van der Waals surface area (Å²) in [6.45, 7) is 5.91. The fourth-order valence-electron chi connectivity index (χ4n) is 4.01. The highest BCUT2D eigenvalue weighted by Crippen LogP contribution is 2.31. The van der Waals surface area contributed by atoms with Gasteiger partial charge >= 0.3 is 0 Å². The molecule has 0 amide bonds. The number of aromatic nitrogens is 3. The van der Waals surface area contributed by atoms with Crippen LogP contribution in [0.15, 0.2) is 87.3 Å². The lowest BCUT2D eigenvalue weighted by Gasteiger charge is -2.21. The molecule has 0 spiro atoms. The van der Waals surface area contributed by atoms with Crippen LogP contribution in [-0.2, 0) is 5.41 Å². The molecule has 0 N–H and O–H groups in total. The van der Waals surface area contributed by atoms with Crippen molar-refractivity contribution in [3.05, 3.63) is 109 Å². The van der Waals surface area contributed by atoms with Crippen LogP contribution in [-0.4, -0.2) is 25.8 Å².